The average Bonchev–Trinajstić information content (AvgIpc) is 3.03. The van der Waals surface area contributed by atoms with Crippen LogP contribution in [0.1, 0.15) is 54.2 Å². The predicted octanol–water partition coefficient (Wildman–Crippen LogP) is 2.96. The Hall–Kier alpha value is -2.96. The number of aryl methyl sites for hydroxylation is 1. The van der Waals surface area contributed by atoms with Gasteiger partial charge in [-0.3, -0.25) is 19.4 Å². The molecule has 0 spiro atoms. The highest BCUT2D eigenvalue weighted by atomic mass is 16.2. The van der Waals surface area contributed by atoms with Gasteiger partial charge >= 0.3 is 0 Å². The summed E-state index contributed by atoms with van der Waals surface area (Å²) in [5, 5.41) is 14.5. The molecule has 26 heavy (non-hydrogen) atoms. The number of hydrogen-bond acceptors (Lipinski definition) is 4. The van der Waals surface area contributed by atoms with Crippen molar-refractivity contribution in [3.8, 4) is 0 Å². The van der Waals surface area contributed by atoms with Crippen LogP contribution < -0.4 is 10.7 Å². The molecule has 0 atom stereocenters. The lowest BCUT2D eigenvalue weighted by molar-refractivity contribution is 0.101. The molecule has 1 fully saturated rings. The number of nitrogens with one attached hydrogen (secondary N) is 2. The molecule has 1 aliphatic rings. The molecule has 1 aliphatic carbocycles. The van der Waals surface area contributed by atoms with Crippen LogP contribution in [0.2, 0.25) is 0 Å². The van der Waals surface area contributed by atoms with Crippen molar-refractivity contribution in [2.45, 2.75) is 38.0 Å². The lowest BCUT2D eigenvalue weighted by atomic mass is 9.87. The Morgan fingerprint density at radius 2 is 2.00 bits per heavy atom. The van der Waals surface area contributed by atoms with Crippen molar-refractivity contribution >= 4 is 22.6 Å². The van der Waals surface area contributed by atoms with Gasteiger partial charge < -0.3 is 5.32 Å². The van der Waals surface area contributed by atoms with Crippen molar-refractivity contribution in [2.24, 2.45) is 7.05 Å². The van der Waals surface area contributed by atoms with E-state index in [1.54, 1.807) is 29.9 Å². The lowest BCUT2D eigenvalue weighted by Gasteiger charge is -2.19. The van der Waals surface area contributed by atoms with E-state index in [-0.39, 0.29) is 11.1 Å². The second-order valence-electron chi connectivity index (χ2n) is 6.81. The summed E-state index contributed by atoms with van der Waals surface area (Å²) in [5.74, 6) is 0.489. The van der Waals surface area contributed by atoms with E-state index in [4.69, 9.17) is 0 Å². The second kappa shape index (κ2) is 6.74. The highest BCUT2D eigenvalue weighted by Crippen LogP contribution is 2.32. The van der Waals surface area contributed by atoms with Crippen LogP contribution in [0.5, 0.6) is 0 Å². The first-order chi connectivity index (χ1) is 12.6. The van der Waals surface area contributed by atoms with E-state index in [2.05, 4.69) is 20.6 Å². The van der Waals surface area contributed by atoms with Crippen molar-refractivity contribution in [1.29, 1.82) is 0 Å². The van der Waals surface area contributed by atoms with E-state index in [0.29, 0.717) is 22.6 Å². The van der Waals surface area contributed by atoms with Gasteiger partial charge in [-0.05, 0) is 25.0 Å². The van der Waals surface area contributed by atoms with Crippen molar-refractivity contribution in [2.75, 3.05) is 5.32 Å². The third-order valence-electron chi connectivity index (χ3n) is 5.05. The molecule has 0 radical (unpaired) electrons. The quantitative estimate of drug-likeness (QED) is 0.759. The number of fused-ring (bicyclic) bond motifs is 1. The molecule has 7 heteroatoms. The molecule has 7 nitrogen and oxygen atoms in total. The summed E-state index contributed by atoms with van der Waals surface area (Å²) in [6.07, 6.45) is 5.99. The summed E-state index contributed by atoms with van der Waals surface area (Å²) >= 11 is 0. The Balaban J connectivity index is 1.60. The molecule has 0 bridgehead atoms. The molecule has 4 rings (SSSR count). The smallest absolute Gasteiger partial charge is 0.281 e. The van der Waals surface area contributed by atoms with E-state index < -0.39 is 5.91 Å². The van der Waals surface area contributed by atoms with Gasteiger partial charge in [0, 0.05) is 24.4 Å². The van der Waals surface area contributed by atoms with Crippen molar-refractivity contribution in [1.82, 2.24) is 20.0 Å². The number of carbonyl (C=O) groups is 1. The summed E-state index contributed by atoms with van der Waals surface area (Å²) < 4.78 is 1.65. The first-order valence-electron chi connectivity index (χ1n) is 8.96. The van der Waals surface area contributed by atoms with Crippen LogP contribution >= 0.6 is 0 Å². The SMILES string of the molecule is Cn1nc(C2CCCCC2)cc1NC(=O)c1n[nH]c2ccccc2c1=O. The molecule has 0 aliphatic heterocycles. The number of aromatic amines is 1. The number of aromatic nitrogens is 4. The highest BCUT2D eigenvalue weighted by molar-refractivity contribution is 6.03. The Labute approximate surface area is 150 Å². The fraction of sp³-hybridized carbons (Fsp3) is 0.368. The largest absolute Gasteiger partial charge is 0.305 e. The summed E-state index contributed by atoms with van der Waals surface area (Å²) in [7, 11) is 1.79. The Morgan fingerprint density at radius 3 is 2.81 bits per heavy atom. The van der Waals surface area contributed by atoms with E-state index in [9.17, 15) is 9.59 Å². The molecular weight excluding hydrogens is 330 g/mol. The van der Waals surface area contributed by atoms with Gasteiger partial charge in [0.05, 0.1) is 11.2 Å². The number of anilines is 1. The summed E-state index contributed by atoms with van der Waals surface area (Å²) in [6.45, 7) is 0. The Kier molecular flexibility index (Phi) is 4.28. The van der Waals surface area contributed by atoms with Crippen molar-refractivity contribution < 1.29 is 4.79 Å². The van der Waals surface area contributed by atoms with Crippen LogP contribution in [-0.2, 0) is 7.05 Å². The fourth-order valence-electron chi connectivity index (χ4n) is 3.61. The molecule has 3 aromatic rings. The van der Waals surface area contributed by atoms with Crippen LogP contribution in [0.25, 0.3) is 10.9 Å². The monoisotopic (exact) mass is 351 g/mol. The number of H-pyrrole nitrogens is 1. The minimum Gasteiger partial charge on any atom is -0.305 e. The Morgan fingerprint density at radius 1 is 1.23 bits per heavy atom. The van der Waals surface area contributed by atoms with E-state index >= 15 is 0 Å². The number of amides is 1. The van der Waals surface area contributed by atoms with E-state index in [0.717, 1.165) is 18.5 Å². The molecule has 2 N–H and O–H groups in total. The third kappa shape index (κ3) is 3.00. The molecule has 1 saturated carbocycles. The van der Waals surface area contributed by atoms with Gasteiger partial charge in [-0.2, -0.15) is 10.2 Å². The maximum absolute atomic E-state index is 12.6. The fourth-order valence-corrected chi connectivity index (χ4v) is 3.61. The molecule has 0 saturated heterocycles. The highest BCUT2D eigenvalue weighted by Gasteiger charge is 2.21. The minimum absolute atomic E-state index is 0.149. The van der Waals surface area contributed by atoms with Crippen LogP contribution in [0.3, 0.4) is 0 Å². The first-order valence-corrected chi connectivity index (χ1v) is 8.96. The van der Waals surface area contributed by atoms with Gasteiger partial charge in [0.1, 0.15) is 5.82 Å². The zero-order valence-electron chi connectivity index (χ0n) is 14.7. The van der Waals surface area contributed by atoms with Gasteiger partial charge in [-0.1, -0.05) is 31.4 Å². The molecule has 134 valence electrons. The molecule has 0 unspecified atom stereocenters. The standard InChI is InChI=1S/C19H21N5O2/c1-24-16(11-15(23-24)12-7-3-2-4-8-12)20-19(26)17-18(25)13-9-5-6-10-14(13)21-22-17/h5-6,9-12H,2-4,7-8H2,1H3,(H,20,26)(H,21,25). The number of rotatable bonds is 3. The van der Waals surface area contributed by atoms with Gasteiger partial charge in [0.15, 0.2) is 5.69 Å². The van der Waals surface area contributed by atoms with Crippen LogP contribution in [0.4, 0.5) is 5.82 Å². The second-order valence-corrected chi connectivity index (χ2v) is 6.81. The molecule has 2 aromatic heterocycles. The topological polar surface area (TPSA) is 92.7 Å². The first kappa shape index (κ1) is 16.5. The summed E-state index contributed by atoms with van der Waals surface area (Å²) in [6, 6.07) is 8.91. The zero-order valence-corrected chi connectivity index (χ0v) is 14.7. The van der Waals surface area contributed by atoms with Gasteiger partial charge in [0.2, 0.25) is 5.43 Å². The summed E-state index contributed by atoms with van der Waals surface area (Å²) in [4.78, 5) is 25.1. The third-order valence-corrected chi connectivity index (χ3v) is 5.05. The maximum atomic E-state index is 12.6. The van der Waals surface area contributed by atoms with Gasteiger partial charge in [-0.25, -0.2) is 0 Å². The van der Waals surface area contributed by atoms with E-state index in [1.807, 2.05) is 12.1 Å². The normalized spacial score (nSPS) is 15.3. The van der Waals surface area contributed by atoms with Crippen LogP contribution in [-0.4, -0.2) is 25.9 Å². The molecule has 1 aromatic carbocycles. The predicted molar refractivity (Wildman–Crippen MR) is 99.4 cm³/mol. The minimum atomic E-state index is -0.532. The molecular formula is C19H21N5O2. The maximum Gasteiger partial charge on any atom is 0.281 e. The van der Waals surface area contributed by atoms with Crippen LogP contribution in [0, 0.1) is 0 Å². The average molecular weight is 351 g/mol. The van der Waals surface area contributed by atoms with Crippen molar-refractivity contribution in [3.05, 3.63) is 51.9 Å². The number of benzene rings is 1. The van der Waals surface area contributed by atoms with Crippen LogP contribution in [0.15, 0.2) is 35.1 Å². The Bertz CT molecular complexity index is 1010. The van der Waals surface area contributed by atoms with Gasteiger partial charge in [0.25, 0.3) is 5.91 Å². The zero-order chi connectivity index (χ0) is 18.1. The van der Waals surface area contributed by atoms with Gasteiger partial charge in [-0.15, -0.1) is 0 Å². The molecule has 1 amide bonds. The van der Waals surface area contributed by atoms with E-state index in [1.165, 1.54) is 19.3 Å². The number of para-hydroxylation sites is 1. The lowest BCUT2D eigenvalue weighted by Crippen LogP contribution is -2.25. The number of hydrogen-bond donors (Lipinski definition) is 2. The number of carbonyl (C=O) groups excluding carboxylic acids is 1. The number of nitrogens with zero attached hydrogens (tertiary/aromatic N) is 3. The summed E-state index contributed by atoms with van der Waals surface area (Å²) in [5.41, 5.74) is 1.08. The van der Waals surface area contributed by atoms with Crippen molar-refractivity contribution in [3.63, 3.8) is 0 Å². The molecule has 2 heterocycles.